The van der Waals surface area contributed by atoms with Crippen LogP contribution in [0.3, 0.4) is 0 Å². The van der Waals surface area contributed by atoms with Gasteiger partial charge in [-0.25, -0.2) is 9.78 Å². The SMILES string of the molecule is COC(=O)c1cnc2n[nH]c(C#N)c2c1. The van der Waals surface area contributed by atoms with Gasteiger partial charge in [-0.1, -0.05) is 0 Å². The van der Waals surface area contributed by atoms with E-state index < -0.39 is 5.97 Å². The first-order chi connectivity index (χ1) is 7.26. The lowest BCUT2D eigenvalue weighted by atomic mass is 10.2. The van der Waals surface area contributed by atoms with Crippen LogP contribution in [0.15, 0.2) is 12.3 Å². The van der Waals surface area contributed by atoms with Crippen molar-refractivity contribution in [2.45, 2.75) is 0 Å². The number of nitriles is 1. The Kier molecular flexibility index (Phi) is 2.06. The minimum atomic E-state index is -0.491. The van der Waals surface area contributed by atoms with Crippen molar-refractivity contribution in [1.82, 2.24) is 15.2 Å². The van der Waals surface area contributed by atoms with E-state index in [2.05, 4.69) is 19.9 Å². The smallest absolute Gasteiger partial charge is 0.339 e. The summed E-state index contributed by atoms with van der Waals surface area (Å²) < 4.78 is 4.54. The third kappa shape index (κ3) is 1.40. The van der Waals surface area contributed by atoms with Gasteiger partial charge in [-0.3, -0.25) is 5.10 Å². The molecule has 0 atom stereocenters. The third-order valence-electron chi connectivity index (χ3n) is 1.94. The Balaban J connectivity index is 2.64. The summed E-state index contributed by atoms with van der Waals surface area (Å²) in [5.41, 5.74) is 0.977. The molecule has 0 bridgehead atoms. The van der Waals surface area contributed by atoms with Crippen LogP contribution in [0.2, 0.25) is 0 Å². The molecule has 0 saturated carbocycles. The van der Waals surface area contributed by atoms with Gasteiger partial charge < -0.3 is 4.74 Å². The van der Waals surface area contributed by atoms with Gasteiger partial charge in [-0.15, -0.1) is 0 Å². The number of fused-ring (bicyclic) bond motifs is 1. The molecule has 0 aliphatic rings. The van der Waals surface area contributed by atoms with Crippen molar-refractivity contribution in [2.24, 2.45) is 0 Å². The lowest BCUT2D eigenvalue weighted by molar-refractivity contribution is 0.0600. The lowest BCUT2D eigenvalue weighted by Crippen LogP contribution is -2.01. The van der Waals surface area contributed by atoms with Gasteiger partial charge in [0.2, 0.25) is 0 Å². The van der Waals surface area contributed by atoms with Gasteiger partial charge in [0.1, 0.15) is 11.8 Å². The standard InChI is InChI=1S/C9H6N4O2/c1-15-9(14)5-2-6-7(3-10)12-13-8(6)11-4-5/h2,4H,1H3,(H,11,12,13). The first-order valence-corrected chi connectivity index (χ1v) is 4.09. The van der Waals surface area contributed by atoms with Crippen molar-refractivity contribution >= 4 is 17.0 Å². The fourth-order valence-electron chi connectivity index (χ4n) is 1.21. The predicted molar refractivity (Wildman–Crippen MR) is 49.9 cm³/mol. The molecule has 0 unspecified atom stereocenters. The summed E-state index contributed by atoms with van der Waals surface area (Å²) in [6.45, 7) is 0. The number of aromatic amines is 1. The number of nitrogens with zero attached hydrogens (tertiary/aromatic N) is 3. The average molecular weight is 202 g/mol. The molecule has 0 aliphatic carbocycles. The number of ether oxygens (including phenoxy) is 1. The van der Waals surface area contributed by atoms with Crippen LogP contribution in [0, 0.1) is 11.3 Å². The Bertz CT molecular complexity index is 567. The first-order valence-electron chi connectivity index (χ1n) is 4.09. The molecule has 0 amide bonds. The van der Waals surface area contributed by atoms with E-state index in [1.165, 1.54) is 19.4 Å². The van der Waals surface area contributed by atoms with Gasteiger partial charge >= 0.3 is 5.97 Å². The minimum Gasteiger partial charge on any atom is -0.465 e. The molecule has 1 N–H and O–H groups in total. The number of hydrogen-bond donors (Lipinski definition) is 1. The van der Waals surface area contributed by atoms with E-state index in [4.69, 9.17) is 5.26 Å². The average Bonchev–Trinajstić information content (AvgIpc) is 2.69. The van der Waals surface area contributed by atoms with E-state index >= 15 is 0 Å². The highest BCUT2D eigenvalue weighted by Crippen LogP contribution is 2.14. The van der Waals surface area contributed by atoms with Crippen molar-refractivity contribution in [3.63, 3.8) is 0 Å². The van der Waals surface area contributed by atoms with Crippen LogP contribution in [-0.4, -0.2) is 28.3 Å². The number of rotatable bonds is 1. The maximum atomic E-state index is 11.2. The molecular weight excluding hydrogens is 196 g/mol. The van der Waals surface area contributed by atoms with Crippen molar-refractivity contribution in [1.29, 1.82) is 5.26 Å². The summed E-state index contributed by atoms with van der Waals surface area (Å²) in [5, 5.41) is 15.6. The van der Waals surface area contributed by atoms with Crippen molar-refractivity contribution in [3.05, 3.63) is 23.5 Å². The molecule has 15 heavy (non-hydrogen) atoms. The van der Waals surface area contributed by atoms with E-state index in [1.54, 1.807) is 0 Å². The van der Waals surface area contributed by atoms with Gasteiger partial charge in [0.25, 0.3) is 0 Å². The molecule has 2 aromatic rings. The van der Waals surface area contributed by atoms with Crippen molar-refractivity contribution in [2.75, 3.05) is 7.11 Å². The molecule has 0 radical (unpaired) electrons. The summed E-state index contributed by atoms with van der Waals surface area (Å²) in [7, 11) is 1.28. The lowest BCUT2D eigenvalue weighted by Gasteiger charge is -1.97. The first kappa shape index (κ1) is 9.15. The van der Waals surface area contributed by atoms with Crippen LogP contribution >= 0.6 is 0 Å². The largest absolute Gasteiger partial charge is 0.465 e. The Morgan fingerprint density at radius 2 is 2.47 bits per heavy atom. The number of esters is 1. The summed E-state index contributed by atoms with van der Waals surface area (Å²) in [6, 6.07) is 3.45. The van der Waals surface area contributed by atoms with Crippen molar-refractivity contribution in [3.8, 4) is 6.07 Å². The molecule has 2 heterocycles. The van der Waals surface area contributed by atoms with Gasteiger partial charge in [0.05, 0.1) is 18.1 Å². The number of pyridine rings is 1. The molecule has 74 valence electrons. The number of H-pyrrole nitrogens is 1. The number of hydrogen-bond acceptors (Lipinski definition) is 5. The molecule has 2 aromatic heterocycles. The van der Waals surface area contributed by atoms with E-state index in [9.17, 15) is 4.79 Å². The van der Waals surface area contributed by atoms with E-state index in [-0.39, 0.29) is 5.69 Å². The van der Waals surface area contributed by atoms with Gasteiger partial charge in [-0.2, -0.15) is 10.4 Å². The predicted octanol–water partition coefficient (Wildman–Crippen LogP) is 0.616. The minimum absolute atomic E-state index is 0.281. The van der Waals surface area contributed by atoms with E-state index in [0.717, 1.165) is 0 Å². The Morgan fingerprint density at radius 1 is 1.67 bits per heavy atom. The normalized spacial score (nSPS) is 9.87. The number of carbonyl (C=O) groups excluding carboxylic acids is 1. The second-order valence-corrected chi connectivity index (χ2v) is 2.80. The molecule has 0 saturated heterocycles. The number of methoxy groups -OCH3 is 1. The molecule has 6 heteroatoms. The zero-order chi connectivity index (χ0) is 10.8. The molecule has 0 aliphatic heterocycles. The van der Waals surface area contributed by atoms with Crippen LogP contribution in [-0.2, 0) is 4.74 Å². The Morgan fingerprint density at radius 3 is 3.13 bits per heavy atom. The topological polar surface area (TPSA) is 91.7 Å². The highest BCUT2D eigenvalue weighted by Gasteiger charge is 2.11. The van der Waals surface area contributed by atoms with Crippen molar-refractivity contribution < 1.29 is 9.53 Å². The van der Waals surface area contributed by atoms with Crippen LogP contribution in [0.4, 0.5) is 0 Å². The second kappa shape index (κ2) is 3.38. The Hall–Kier alpha value is -2.42. The van der Waals surface area contributed by atoms with Gasteiger partial charge in [0.15, 0.2) is 5.65 Å². The second-order valence-electron chi connectivity index (χ2n) is 2.80. The molecule has 0 aromatic carbocycles. The summed E-state index contributed by atoms with van der Waals surface area (Å²) in [5.74, 6) is -0.491. The fourth-order valence-corrected chi connectivity index (χ4v) is 1.21. The molecule has 0 spiro atoms. The summed E-state index contributed by atoms with van der Waals surface area (Å²) in [4.78, 5) is 15.1. The maximum Gasteiger partial charge on any atom is 0.339 e. The quantitative estimate of drug-likeness (QED) is 0.684. The van der Waals surface area contributed by atoms with Crippen LogP contribution in [0.25, 0.3) is 11.0 Å². The Labute approximate surface area is 84.5 Å². The highest BCUT2D eigenvalue weighted by atomic mass is 16.5. The third-order valence-corrected chi connectivity index (χ3v) is 1.94. The van der Waals surface area contributed by atoms with Gasteiger partial charge in [0, 0.05) is 6.20 Å². The number of nitrogens with one attached hydrogen (secondary N) is 1. The summed E-state index contributed by atoms with van der Waals surface area (Å²) in [6.07, 6.45) is 1.36. The monoisotopic (exact) mass is 202 g/mol. The zero-order valence-corrected chi connectivity index (χ0v) is 7.81. The maximum absolute atomic E-state index is 11.2. The molecule has 6 nitrogen and oxygen atoms in total. The number of aromatic nitrogens is 3. The zero-order valence-electron chi connectivity index (χ0n) is 7.81. The van der Waals surface area contributed by atoms with Crippen LogP contribution in [0.1, 0.15) is 16.1 Å². The molecule has 2 rings (SSSR count). The van der Waals surface area contributed by atoms with E-state index in [0.29, 0.717) is 16.6 Å². The van der Waals surface area contributed by atoms with Gasteiger partial charge in [-0.05, 0) is 6.07 Å². The number of carbonyl (C=O) groups is 1. The van der Waals surface area contributed by atoms with E-state index in [1.807, 2.05) is 6.07 Å². The highest BCUT2D eigenvalue weighted by molar-refractivity contribution is 5.94. The molecular formula is C9H6N4O2. The molecule has 0 fully saturated rings. The van der Waals surface area contributed by atoms with Crippen LogP contribution < -0.4 is 0 Å². The summed E-state index contributed by atoms with van der Waals surface area (Å²) >= 11 is 0. The fraction of sp³-hybridized carbons (Fsp3) is 0.111. The van der Waals surface area contributed by atoms with Crippen LogP contribution in [0.5, 0.6) is 0 Å².